The zero-order valence-electron chi connectivity index (χ0n) is 19.0. The number of carbonyl (C=O) groups is 3. The van der Waals surface area contributed by atoms with E-state index in [0.717, 1.165) is 12.8 Å². The van der Waals surface area contributed by atoms with Gasteiger partial charge < -0.3 is 20.9 Å². The van der Waals surface area contributed by atoms with Gasteiger partial charge in [0.05, 0.1) is 11.1 Å². The topological polar surface area (TPSA) is 127 Å². The van der Waals surface area contributed by atoms with Crippen molar-refractivity contribution in [1.29, 1.82) is 5.26 Å². The highest BCUT2D eigenvalue weighted by atomic mass is 35.5. The van der Waals surface area contributed by atoms with E-state index in [9.17, 15) is 24.0 Å². The Bertz CT molecular complexity index is 1140. The Hall–Kier alpha value is -3.12. The van der Waals surface area contributed by atoms with Gasteiger partial charge in [0.1, 0.15) is 23.6 Å². The van der Waals surface area contributed by atoms with Crippen LogP contribution in [0.4, 0.5) is 4.39 Å². The first-order chi connectivity index (χ1) is 16.0. The van der Waals surface area contributed by atoms with Gasteiger partial charge in [-0.1, -0.05) is 24.4 Å². The smallest absolute Gasteiger partial charge is 0.268 e. The van der Waals surface area contributed by atoms with Gasteiger partial charge in [0.2, 0.25) is 11.8 Å². The maximum absolute atomic E-state index is 13.7. The number of benzene rings is 1. The predicted molar refractivity (Wildman–Crippen MR) is 124 cm³/mol. The number of amides is 3. The van der Waals surface area contributed by atoms with Crippen molar-refractivity contribution in [3.05, 3.63) is 34.7 Å². The summed E-state index contributed by atoms with van der Waals surface area (Å²) in [6, 6.07) is 4.50. The number of nitrogens with one attached hydrogen (secondary N) is 4. The summed E-state index contributed by atoms with van der Waals surface area (Å²) in [4.78, 5) is 41.0. The number of aromatic amines is 1. The lowest BCUT2D eigenvalue weighted by molar-refractivity contribution is -0.125. The Kier molecular flexibility index (Phi) is 6.54. The summed E-state index contributed by atoms with van der Waals surface area (Å²) in [6.07, 6.45) is 3.18. The van der Waals surface area contributed by atoms with Gasteiger partial charge in [-0.2, -0.15) is 5.26 Å². The highest BCUT2D eigenvalue weighted by Gasteiger charge is 2.39. The number of carbonyl (C=O) groups excluding carboxylic acids is 3. The third-order valence-electron chi connectivity index (χ3n) is 6.38. The lowest BCUT2D eigenvalue weighted by Crippen LogP contribution is -2.50. The summed E-state index contributed by atoms with van der Waals surface area (Å²) in [5.74, 6) is -1.73. The van der Waals surface area contributed by atoms with Gasteiger partial charge in [-0.3, -0.25) is 14.4 Å². The van der Waals surface area contributed by atoms with Crippen LogP contribution in [0.15, 0.2) is 18.2 Å². The largest absolute Gasteiger partial charge is 0.351 e. The van der Waals surface area contributed by atoms with Crippen molar-refractivity contribution >= 4 is 40.2 Å². The van der Waals surface area contributed by atoms with Crippen molar-refractivity contribution in [2.45, 2.75) is 63.6 Å². The Morgan fingerprint density at radius 1 is 1.26 bits per heavy atom. The number of hydrogen-bond donors (Lipinski definition) is 4. The minimum absolute atomic E-state index is 0.0610. The highest BCUT2D eigenvalue weighted by molar-refractivity contribution is 6.31. The molecule has 10 heteroatoms. The van der Waals surface area contributed by atoms with Gasteiger partial charge in [-0.15, -0.1) is 0 Å². The van der Waals surface area contributed by atoms with Crippen LogP contribution in [0, 0.1) is 29.0 Å². The molecule has 2 unspecified atom stereocenters. The molecule has 1 saturated carbocycles. The molecule has 1 aromatic heterocycles. The fourth-order valence-electron chi connectivity index (χ4n) is 4.49. The van der Waals surface area contributed by atoms with Crippen LogP contribution in [0.5, 0.6) is 0 Å². The summed E-state index contributed by atoms with van der Waals surface area (Å²) in [7, 11) is 0. The second kappa shape index (κ2) is 9.26. The van der Waals surface area contributed by atoms with E-state index >= 15 is 0 Å². The average Bonchev–Trinajstić information content (AvgIpc) is 3.42. The van der Waals surface area contributed by atoms with Gasteiger partial charge in [-0.25, -0.2) is 4.39 Å². The quantitative estimate of drug-likeness (QED) is 0.456. The number of hydrogen-bond acceptors (Lipinski definition) is 4. The molecule has 2 aromatic rings. The Morgan fingerprint density at radius 3 is 2.62 bits per heavy atom. The third-order valence-corrected chi connectivity index (χ3v) is 6.67. The molecule has 34 heavy (non-hydrogen) atoms. The Morgan fingerprint density at radius 2 is 2.00 bits per heavy atom. The van der Waals surface area contributed by atoms with Crippen LogP contribution >= 0.6 is 11.6 Å². The molecule has 3 atom stereocenters. The number of nitrogens with zero attached hydrogens (tertiary/aromatic N) is 1. The van der Waals surface area contributed by atoms with Gasteiger partial charge >= 0.3 is 0 Å². The van der Waals surface area contributed by atoms with E-state index in [1.165, 1.54) is 18.2 Å². The van der Waals surface area contributed by atoms with Crippen LogP contribution in [0.3, 0.4) is 0 Å². The zero-order valence-corrected chi connectivity index (χ0v) is 19.8. The van der Waals surface area contributed by atoms with E-state index in [4.69, 9.17) is 11.6 Å². The SMILES string of the molecule is CC1(C)C[C@@H](CC(C#N)NC(=O)C(CC2CC2)NC(=O)c2cc3cc(F)c(Cl)cc3[nH]2)C(=O)N1. The fourth-order valence-corrected chi connectivity index (χ4v) is 4.65. The molecule has 4 rings (SSSR count). The number of halogens is 2. The van der Waals surface area contributed by atoms with Crippen LogP contribution in [0.2, 0.25) is 5.02 Å². The first-order valence-corrected chi connectivity index (χ1v) is 11.7. The molecule has 2 fully saturated rings. The molecule has 1 saturated heterocycles. The lowest BCUT2D eigenvalue weighted by atomic mass is 9.92. The van der Waals surface area contributed by atoms with E-state index in [2.05, 4.69) is 27.0 Å². The summed E-state index contributed by atoms with van der Waals surface area (Å²) in [5, 5.41) is 18.3. The molecule has 0 radical (unpaired) electrons. The molecule has 2 heterocycles. The summed E-state index contributed by atoms with van der Waals surface area (Å²) >= 11 is 5.81. The van der Waals surface area contributed by atoms with Crippen molar-refractivity contribution in [3.8, 4) is 6.07 Å². The van der Waals surface area contributed by atoms with E-state index in [-0.39, 0.29) is 34.5 Å². The fraction of sp³-hybridized carbons (Fsp3) is 0.500. The predicted octanol–water partition coefficient (Wildman–Crippen LogP) is 3.17. The molecule has 1 aliphatic carbocycles. The maximum atomic E-state index is 13.7. The van der Waals surface area contributed by atoms with Crippen molar-refractivity contribution < 1.29 is 18.8 Å². The van der Waals surface area contributed by atoms with Gasteiger partial charge in [0.25, 0.3) is 5.91 Å². The van der Waals surface area contributed by atoms with Crippen LogP contribution in [-0.4, -0.2) is 40.3 Å². The second-order valence-corrected chi connectivity index (χ2v) is 10.3. The first-order valence-electron chi connectivity index (χ1n) is 11.4. The molecule has 0 bridgehead atoms. The molecule has 0 spiro atoms. The molecular formula is C24H27ClFN5O3. The van der Waals surface area contributed by atoms with Gasteiger partial charge in [0.15, 0.2) is 0 Å². The minimum Gasteiger partial charge on any atom is -0.351 e. The molecule has 3 amide bonds. The molecule has 2 aliphatic rings. The van der Waals surface area contributed by atoms with Gasteiger partial charge in [-0.05, 0) is 57.2 Å². The molecule has 1 aliphatic heterocycles. The number of nitriles is 1. The van der Waals surface area contributed by atoms with E-state index in [1.54, 1.807) is 0 Å². The molecule has 4 N–H and O–H groups in total. The molecule has 1 aromatic carbocycles. The average molecular weight is 488 g/mol. The Labute approximate surface area is 201 Å². The minimum atomic E-state index is -0.853. The zero-order chi connectivity index (χ0) is 24.6. The van der Waals surface area contributed by atoms with Gasteiger partial charge in [0, 0.05) is 22.4 Å². The van der Waals surface area contributed by atoms with Crippen LogP contribution < -0.4 is 16.0 Å². The lowest BCUT2D eigenvalue weighted by Gasteiger charge is -2.21. The highest BCUT2D eigenvalue weighted by Crippen LogP contribution is 2.34. The van der Waals surface area contributed by atoms with Crippen molar-refractivity contribution in [2.24, 2.45) is 11.8 Å². The van der Waals surface area contributed by atoms with Crippen LogP contribution in [0.1, 0.15) is 56.4 Å². The van der Waals surface area contributed by atoms with E-state index in [0.29, 0.717) is 29.7 Å². The number of fused-ring (bicyclic) bond motifs is 1. The van der Waals surface area contributed by atoms with Crippen molar-refractivity contribution in [3.63, 3.8) is 0 Å². The van der Waals surface area contributed by atoms with Crippen LogP contribution in [-0.2, 0) is 9.59 Å². The third kappa shape index (κ3) is 5.50. The summed E-state index contributed by atoms with van der Waals surface area (Å²) < 4.78 is 13.7. The monoisotopic (exact) mass is 487 g/mol. The first kappa shape index (κ1) is 24.0. The normalized spacial score (nSPS) is 20.9. The summed E-state index contributed by atoms with van der Waals surface area (Å²) in [6.45, 7) is 3.83. The molecule has 180 valence electrons. The number of aromatic nitrogens is 1. The molecule has 8 nitrogen and oxygen atoms in total. The molecular weight excluding hydrogens is 461 g/mol. The number of rotatable bonds is 8. The van der Waals surface area contributed by atoms with Crippen molar-refractivity contribution in [2.75, 3.05) is 0 Å². The van der Waals surface area contributed by atoms with E-state index in [1.807, 2.05) is 13.8 Å². The number of H-pyrrole nitrogens is 1. The van der Waals surface area contributed by atoms with Crippen LogP contribution in [0.25, 0.3) is 10.9 Å². The van der Waals surface area contributed by atoms with E-state index < -0.39 is 29.7 Å². The Balaban J connectivity index is 1.43. The summed E-state index contributed by atoms with van der Waals surface area (Å²) in [5.41, 5.74) is 0.329. The van der Waals surface area contributed by atoms with Crippen molar-refractivity contribution in [1.82, 2.24) is 20.9 Å². The standard InChI is InChI=1S/C24H27ClFN5O3/c1-24(2)10-14(21(32)31-24)6-15(11-27)28-22(33)19(5-12-3-4-12)30-23(34)20-8-13-7-17(26)16(25)9-18(13)29-20/h7-9,12,14-15,19,29H,3-6,10H2,1-2H3,(H,28,33)(H,30,34)(H,31,32)/t14-,15?,19?/m1/s1. The second-order valence-electron chi connectivity index (χ2n) is 9.94. The maximum Gasteiger partial charge on any atom is 0.268 e.